The summed E-state index contributed by atoms with van der Waals surface area (Å²) in [5.41, 5.74) is -0.301. The second-order valence-corrected chi connectivity index (χ2v) is 6.86. The molecule has 2 aromatic rings. The third-order valence-electron chi connectivity index (χ3n) is 3.22. The molecule has 1 aromatic heterocycles. The molecule has 2 rings (SSSR count). The van der Waals surface area contributed by atoms with Crippen molar-refractivity contribution < 1.29 is 21.8 Å². The number of hydrogen-bond donors (Lipinski definition) is 1. The van der Waals surface area contributed by atoms with Crippen LogP contribution in [0.4, 0.5) is 17.6 Å². The van der Waals surface area contributed by atoms with E-state index < -0.39 is 28.0 Å². The van der Waals surface area contributed by atoms with Crippen molar-refractivity contribution in [3.8, 4) is 0 Å². The SMILES string of the molecule is CN([C@H](c1ccc(F)cc1)C(F)(F)F)[S@@](=N)(=O)c1cccnc1. The van der Waals surface area contributed by atoms with Crippen LogP contribution in [0.3, 0.4) is 0 Å². The first kappa shape index (κ1) is 17.4. The molecule has 23 heavy (non-hydrogen) atoms. The van der Waals surface area contributed by atoms with E-state index >= 15 is 0 Å². The van der Waals surface area contributed by atoms with Gasteiger partial charge in [-0.1, -0.05) is 12.1 Å². The van der Waals surface area contributed by atoms with Gasteiger partial charge in [-0.05, 0) is 29.8 Å². The topological polar surface area (TPSA) is 57.1 Å². The maximum atomic E-state index is 13.4. The Kier molecular flexibility index (Phi) is 4.71. The molecule has 4 nitrogen and oxygen atoms in total. The van der Waals surface area contributed by atoms with Crippen molar-refractivity contribution in [2.75, 3.05) is 7.05 Å². The third kappa shape index (κ3) is 3.67. The second-order valence-electron chi connectivity index (χ2n) is 4.76. The summed E-state index contributed by atoms with van der Waals surface area (Å²) in [4.78, 5) is 3.54. The van der Waals surface area contributed by atoms with Crippen LogP contribution in [0.2, 0.25) is 0 Å². The molecule has 1 N–H and O–H groups in total. The highest BCUT2D eigenvalue weighted by Gasteiger charge is 2.46. The van der Waals surface area contributed by atoms with Gasteiger partial charge in [0.1, 0.15) is 21.8 Å². The van der Waals surface area contributed by atoms with E-state index in [0.29, 0.717) is 4.31 Å². The normalized spacial score (nSPS) is 16.1. The largest absolute Gasteiger partial charge is 0.409 e. The lowest BCUT2D eigenvalue weighted by Gasteiger charge is -2.31. The van der Waals surface area contributed by atoms with E-state index in [1.807, 2.05) is 0 Å². The Balaban J connectivity index is 2.50. The van der Waals surface area contributed by atoms with Crippen molar-refractivity contribution in [3.05, 3.63) is 60.2 Å². The van der Waals surface area contributed by atoms with Gasteiger partial charge in [0.05, 0.1) is 4.90 Å². The number of nitrogens with zero attached hydrogens (tertiary/aromatic N) is 2. The molecule has 0 saturated heterocycles. The number of rotatable bonds is 4. The fourth-order valence-electron chi connectivity index (χ4n) is 2.08. The summed E-state index contributed by atoms with van der Waals surface area (Å²) in [6.07, 6.45) is -2.34. The van der Waals surface area contributed by atoms with Gasteiger partial charge in [-0.3, -0.25) is 4.98 Å². The number of nitrogens with one attached hydrogen (secondary N) is 1. The summed E-state index contributed by atoms with van der Waals surface area (Å²) in [6.45, 7) is 0. The Morgan fingerprint density at radius 2 is 1.83 bits per heavy atom. The highest BCUT2D eigenvalue weighted by molar-refractivity contribution is 7.90. The number of aromatic nitrogens is 1. The van der Waals surface area contributed by atoms with Crippen molar-refractivity contribution in [2.24, 2.45) is 0 Å². The van der Waals surface area contributed by atoms with Crippen LogP contribution in [-0.2, 0) is 9.92 Å². The minimum atomic E-state index is -4.79. The number of hydrogen-bond acceptors (Lipinski definition) is 3. The summed E-state index contributed by atoms with van der Waals surface area (Å²) in [7, 11) is -2.97. The second kappa shape index (κ2) is 6.25. The summed E-state index contributed by atoms with van der Waals surface area (Å²) >= 11 is 0. The minimum absolute atomic E-state index is 0.140. The molecule has 0 aliphatic rings. The van der Waals surface area contributed by atoms with Gasteiger partial charge in [0.2, 0.25) is 0 Å². The first-order valence-electron chi connectivity index (χ1n) is 6.38. The van der Waals surface area contributed by atoms with Crippen molar-refractivity contribution in [1.82, 2.24) is 9.29 Å². The highest BCUT2D eigenvalue weighted by Crippen LogP contribution is 2.39. The Morgan fingerprint density at radius 1 is 1.22 bits per heavy atom. The molecule has 0 spiro atoms. The predicted molar refractivity (Wildman–Crippen MR) is 76.3 cm³/mol. The Hall–Kier alpha value is -2.00. The molecule has 2 atom stereocenters. The fraction of sp³-hybridized carbons (Fsp3) is 0.214. The predicted octanol–water partition coefficient (Wildman–Crippen LogP) is 3.78. The van der Waals surface area contributed by atoms with E-state index in [0.717, 1.165) is 37.5 Å². The van der Waals surface area contributed by atoms with Crippen molar-refractivity contribution in [3.63, 3.8) is 0 Å². The molecule has 0 aliphatic heterocycles. The Bertz CT molecular complexity index is 761. The molecular weight excluding hydrogens is 334 g/mol. The molecule has 0 bridgehead atoms. The van der Waals surface area contributed by atoms with Crippen LogP contribution in [0, 0.1) is 10.6 Å². The zero-order valence-electron chi connectivity index (χ0n) is 11.9. The van der Waals surface area contributed by atoms with Crippen LogP contribution in [-0.4, -0.2) is 26.7 Å². The molecule has 1 aromatic carbocycles. The number of benzene rings is 1. The van der Waals surface area contributed by atoms with Gasteiger partial charge in [0.15, 0.2) is 0 Å². The van der Waals surface area contributed by atoms with E-state index in [1.54, 1.807) is 0 Å². The van der Waals surface area contributed by atoms with Crippen LogP contribution < -0.4 is 0 Å². The van der Waals surface area contributed by atoms with Gasteiger partial charge < -0.3 is 0 Å². The van der Waals surface area contributed by atoms with Crippen LogP contribution in [0.15, 0.2) is 53.7 Å². The lowest BCUT2D eigenvalue weighted by atomic mass is 10.1. The van der Waals surface area contributed by atoms with Gasteiger partial charge in [0.25, 0.3) is 0 Å². The minimum Gasteiger partial charge on any atom is -0.263 e. The van der Waals surface area contributed by atoms with Crippen molar-refractivity contribution in [1.29, 1.82) is 4.78 Å². The smallest absolute Gasteiger partial charge is 0.263 e. The maximum Gasteiger partial charge on any atom is 0.409 e. The standard InChI is InChI=1S/C14H13F4N3OS/c1-21(23(19,22)12-3-2-8-20-9-12)13(14(16,17)18)10-4-6-11(15)7-5-10/h2-9,13,19H,1H3/t13-,23-/m1/s1. The van der Waals surface area contributed by atoms with E-state index in [-0.39, 0.29) is 10.5 Å². The van der Waals surface area contributed by atoms with E-state index in [1.165, 1.54) is 18.3 Å². The average molecular weight is 347 g/mol. The molecule has 9 heteroatoms. The number of halogens is 4. The highest BCUT2D eigenvalue weighted by atomic mass is 32.2. The lowest BCUT2D eigenvalue weighted by Crippen LogP contribution is -2.39. The molecule has 0 amide bonds. The molecule has 1 heterocycles. The van der Waals surface area contributed by atoms with E-state index in [4.69, 9.17) is 4.78 Å². The first-order chi connectivity index (χ1) is 10.6. The zero-order chi connectivity index (χ0) is 17.3. The first-order valence-corrected chi connectivity index (χ1v) is 7.89. The summed E-state index contributed by atoms with van der Waals surface area (Å²) < 4.78 is 74.2. The van der Waals surface area contributed by atoms with Gasteiger partial charge in [-0.25, -0.2) is 17.7 Å². The average Bonchev–Trinajstić information content (AvgIpc) is 2.49. The molecular formula is C14H13F4N3OS. The Labute approximate surface area is 130 Å². The Morgan fingerprint density at radius 3 is 2.30 bits per heavy atom. The van der Waals surface area contributed by atoms with Crippen LogP contribution in [0.5, 0.6) is 0 Å². The zero-order valence-corrected chi connectivity index (χ0v) is 12.7. The number of alkyl halides is 3. The molecule has 0 aliphatic carbocycles. The van der Waals surface area contributed by atoms with Gasteiger partial charge in [-0.15, -0.1) is 0 Å². The van der Waals surface area contributed by atoms with Gasteiger partial charge in [0, 0.05) is 19.4 Å². The van der Waals surface area contributed by atoms with Crippen LogP contribution in [0.25, 0.3) is 0 Å². The summed E-state index contributed by atoms with van der Waals surface area (Å²) in [5, 5.41) is 0. The van der Waals surface area contributed by atoms with Crippen LogP contribution in [0.1, 0.15) is 11.6 Å². The van der Waals surface area contributed by atoms with E-state index in [9.17, 15) is 21.8 Å². The summed E-state index contributed by atoms with van der Waals surface area (Å²) in [5.74, 6) is -0.684. The third-order valence-corrected chi connectivity index (χ3v) is 5.12. The number of pyridine rings is 1. The molecule has 0 radical (unpaired) electrons. The molecule has 0 saturated carbocycles. The quantitative estimate of drug-likeness (QED) is 0.856. The molecule has 0 unspecified atom stereocenters. The monoisotopic (exact) mass is 347 g/mol. The van der Waals surface area contributed by atoms with Crippen molar-refractivity contribution in [2.45, 2.75) is 17.1 Å². The van der Waals surface area contributed by atoms with Crippen LogP contribution >= 0.6 is 0 Å². The van der Waals surface area contributed by atoms with Crippen molar-refractivity contribution >= 4 is 9.92 Å². The van der Waals surface area contributed by atoms with Gasteiger partial charge >= 0.3 is 6.18 Å². The maximum absolute atomic E-state index is 13.4. The van der Waals surface area contributed by atoms with Gasteiger partial charge in [-0.2, -0.15) is 13.2 Å². The molecule has 124 valence electrons. The summed E-state index contributed by atoms with van der Waals surface area (Å²) in [6, 6.07) is 4.05. The lowest BCUT2D eigenvalue weighted by molar-refractivity contribution is -0.170. The molecule has 0 fully saturated rings. The fourth-order valence-corrected chi connectivity index (χ4v) is 3.41. The van der Waals surface area contributed by atoms with E-state index in [2.05, 4.69) is 4.98 Å².